The van der Waals surface area contributed by atoms with Crippen LogP contribution < -0.4 is 10.2 Å². The average Bonchev–Trinajstić information content (AvgIpc) is 2.79. The summed E-state index contributed by atoms with van der Waals surface area (Å²) < 4.78 is 0. The number of nitrogens with one attached hydrogen (secondary N) is 1. The quantitative estimate of drug-likeness (QED) is 0.877. The predicted molar refractivity (Wildman–Crippen MR) is 86.6 cm³/mol. The molecule has 1 heterocycles. The minimum absolute atomic E-state index is 0.389. The highest BCUT2D eigenvalue weighted by Crippen LogP contribution is 2.35. The summed E-state index contributed by atoms with van der Waals surface area (Å²) in [7, 11) is 0. The highest BCUT2D eigenvalue weighted by Gasteiger charge is 2.36. The van der Waals surface area contributed by atoms with Crippen LogP contribution >= 0.6 is 0 Å². The zero-order valence-electron chi connectivity index (χ0n) is 13.0. The molecule has 2 fully saturated rings. The third kappa shape index (κ3) is 2.71. The Bertz CT molecular complexity index is 446. The molecule has 1 aromatic rings. The Morgan fingerprint density at radius 1 is 1.10 bits per heavy atom. The second kappa shape index (κ2) is 5.77. The van der Waals surface area contributed by atoms with E-state index < -0.39 is 0 Å². The monoisotopic (exact) mass is 272 g/mol. The normalized spacial score (nSPS) is 22.4. The molecule has 0 amide bonds. The Morgan fingerprint density at radius 3 is 2.60 bits per heavy atom. The number of nitrogens with zero attached hydrogens (tertiary/aromatic N) is 1. The van der Waals surface area contributed by atoms with Crippen molar-refractivity contribution in [2.45, 2.75) is 57.4 Å². The van der Waals surface area contributed by atoms with Crippen molar-refractivity contribution in [3.8, 4) is 0 Å². The predicted octanol–water partition coefficient (Wildman–Crippen LogP) is 3.92. The molecule has 0 aromatic heterocycles. The first-order chi connectivity index (χ1) is 9.70. The number of hydrogen-bond donors (Lipinski definition) is 1. The van der Waals surface area contributed by atoms with Crippen molar-refractivity contribution < 1.29 is 0 Å². The molecule has 1 aliphatic heterocycles. The van der Waals surface area contributed by atoms with Crippen molar-refractivity contribution in [2.24, 2.45) is 0 Å². The standard InChI is InChI=1S/C18H28N2/c1-15(2)16-8-3-4-9-17(16)20-13-7-12-19-18(14-20)10-5-6-11-18/h3-4,8-9,15,19H,5-7,10-14H2,1-2H3. The van der Waals surface area contributed by atoms with Gasteiger partial charge < -0.3 is 10.2 Å². The van der Waals surface area contributed by atoms with Gasteiger partial charge >= 0.3 is 0 Å². The molecule has 1 saturated carbocycles. The van der Waals surface area contributed by atoms with Gasteiger partial charge in [0.05, 0.1) is 0 Å². The lowest BCUT2D eigenvalue weighted by Crippen LogP contribution is -2.49. The second-order valence-corrected chi connectivity index (χ2v) is 6.90. The number of benzene rings is 1. The Balaban J connectivity index is 1.88. The fourth-order valence-electron chi connectivity index (χ4n) is 3.98. The van der Waals surface area contributed by atoms with E-state index in [-0.39, 0.29) is 0 Å². The van der Waals surface area contributed by atoms with Gasteiger partial charge in [-0.05, 0) is 43.4 Å². The second-order valence-electron chi connectivity index (χ2n) is 6.90. The smallest absolute Gasteiger partial charge is 0.0402 e. The molecule has 3 rings (SSSR count). The minimum atomic E-state index is 0.389. The van der Waals surface area contributed by atoms with E-state index in [9.17, 15) is 0 Å². The van der Waals surface area contributed by atoms with E-state index in [0.29, 0.717) is 11.5 Å². The Kier molecular flexibility index (Phi) is 4.02. The highest BCUT2D eigenvalue weighted by atomic mass is 15.2. The summed E-state index contributed by atoms with van der Waals surface area (Å²) in [5, 5.41) is 3.86. The van der Waals surface area contributed by atoms with Crippen molar-refractivity contribution in [2.75, 3.05) is 24.5 Å². The molecule has 1 saturated heterocycles. The summed E-state index contributed by atoms with van der Waals surface area (Å²) >= 11 is 0. The third-order valence-electron chi connectivity index (χ3n) is 5.06. The van der Waals surface area contributed by atoms with Crippen LogP contribution in [0.2, 0.25) is 0 Å². The van der Waals surface area contributed by atoms with Gasteiger partial charge in [-0.1, -0.05) is 44.9 Å². The molecule has 1 aromatic carbocycles. The molecule has 0 radical (unpaired) electrons. The van der Waals surface area contributed by atoms with Crippen molar-refractivity contribution in [3.05, 3.63) is 29.8 Å². The van der Waals surface area contributed by atoms with Crippen LogP contribution in [-0.4, -0.2) is 25.2 Å². The number of anilines is 1. The van der Waals surface area contributed by atoms with E-state index in [4.69, 9.17) is 0 Å². The molecule has 20 heavy (non-hydrogen) atoms. The molecule has 1 spiro atoms. The molecule has 2 heteroatoms. The number of rotatable bonds is 2. The lowest BCUT2D eigenvalue weighted by molar-refractivity contribution is 0.354. The van der Waals surface area contributed by atoms with Crippen molar-refractivity contribution in [3.63, 3.8) is 0 Å². The van der Waals surface area contributed by atoms with Crippen molar-refractivity contribution >= 4 is 5.69 Å². The van der Waals surface area contributed by atoms with Gasteiger partial charge in [-0.25, -0.2) is 0 Å². The maximum Gasteiger partial charge on any atom is 0.0402 e. The van der Waals surface area contributed by atoms with E-state index in [1.165, 1.54) is 63.0 Å². The van der Waals surface area contributed by atoms with Crippen molar-refractivity contribution in [1.82, 2.24) is 5.32 Å². The Labute approximate surface area is 123 Å². The van der Waals surface area contributed by atoms with Gasteiger partial charge in [-0.15, -0.1) is 0 Å². The topological polar surface area (TPSA) is 15.3 Å². The van der Waals surface area contributed by atoms with Gasteiger partial charge in [0.2, 0.25) is 0 Å². The van der Waals surface area contributed by atoms with Crippen molar-refractivity contribution in [1.29, 1.82) is 0 Å². The molecular formula is C18H28N2. The first-order valence-corrected chi connectivity index (χ1v) is 8.29. The number of hydrogen-bond acceptors (Lipinski definition) is 2. The van der Waals surface area contributed by atoms with Gasteiger partial charge in [0.1, 0.15) is 0 Å². The summed E-state index contributed by atoms with van der Waals surface area (Å²) in [6, 6.07) is 9.00. The highest BCUT2D eigenvalue weighted by molar-refractivity contribution is 5.55. The maximum atomic E-state index is 3.86. The van der Waals surface area contributed by atoms with Crippen LogP contribution in [0.3, 0.4) is 0 Å². The van der Waals surface area contributed by atoms with E-state index in [0.717, 1.165) is 0 Å². The zero-order chi connectivity index (χ0) is 14.0. The van der Waals surface area contributed by atoms with Crippen LogP contribution in [0.15, 0.2) is 24.3 Å². The lowest BCUT2D eigenvalue weighted by atomic mass is 9.95. The minimum Gasteiger partial charge on any atom is -0.369 e. The first kappa shape index (κ1) is 13.9. The molecule has 2 nitrogen and oxygen atoms in total. The average molecular weight is 272 g/mol. The van der Waals surface area contributed by atoms with E-state index >= 15 is 0 Å². The Morgan fingerprint density at radius 2 is 1.85 bits per heavy atom. The van der Waals surface area contributed by atoms with Crippen LogP contribution in [-0.2, 0) is 0 Å². The van der Waals surface area contributed by atoms with Gasteiger partial charge in [-0.3, -0.25) is 0 Å². The van der Waals surface area contributed by atoms with Crippen LogP contribution in [0.25, 0.3) is 0 Å². The summed E-state index contributed by atoms with van der Waals surface area (Å²) in [5.74, 6) is 0.599. The largest absolute Gasteiger partial charge is 0.369 e. The molecule has 2 aliphatic rings. The molecular weight excluding hydrogens is 244 g/mol. The SMILES string of the molecule is CC(C)c1ccccc1N1CCCNC2(CCCC2)C1. The lowest BCUT2D eigenvalue weighted by Gasteiger charge is -2.35. The van der Waals surface area contributed by atoms with Crippen LogP contribution in [0.5, 0.6) is 0 Å². The summed E-state index contributed by atoms with van der Waals surface area (Å²) in [6.07, 6.45) is 6.76. The summed E-state index contributed by atoms with van der Waals surface area (Å²) in [6.45, 7) is 8.18. The van der Waals surface area contributed by atoms with Crippen LogP contribution in [0, 0.1) is 0 Å². The molecule has 1 N–H and O–H groups in total. The van der Waals surface area contributed by atoms with Gasteiger partial charge in [-0.2, -0.15) is 0 Å². The fourth-order valence-corrected chi connectivity index (χ4v) is 3.98. The zero-order valence-corrected chi connectivity index (χ0v) is 13.0. The molecule has 0 atom stereocenters. The summed E-state index contributed by atoms with van der Waals surface area (Å²) in [5.41, 5.74) is 3.36. The van der Waals surface area contributed by atoms with Gasteiger partial charge in [0.15, 0.2) is 0 Å². The van der Waals surface area contributed by atoms with E-state index in [2.05, 4.69) is 48.3 Å². The molecule has 0 unspecified atom stereocenters. The first-order valence-electron chi connectivity index (χ1n) is 8.29. The molecule has 1 aliphatic carbocycles. The van der Waals surface area contributed by atoms with E-state index in [1.807, 2.05) is 0 Å². The third-order valence-corrected chi connectivity index (χ3v) is 5.06. The van der Waals surface area contributed by atoms with Gasteiger partial charge in [0.25, 0.3) is 0 Å². The fraction of sp³-hybridized carbons (Fsp3) is 0.667. The van der Waals surface area contributed by atoms with E-state index in [1.54, 1.807) is 0 Å². The maximum absolute atomic E-state index is 3.86. The molecule has 110 valence electrons. The molecule has 0 bridgehead atoms. The summed E-state index contributed by atoms with van der Waals surface area (Å²) in [4.78, 5) is 2.65. The Hall–Kier alpha value is -1.02. The van der Waals surface area contributed by atoms with Gasteiger partial charge in [0, 0.05) is 24.3 Å². The van der Waals surface area contributed by atoms with Crippen LogP contribution in [0.4, 0.5) is 5.69 Å². The van der Waals surface area contributed by atoms with Crippen LogP contribution in [0.1, 0.15) is 57.4 Å². The number of para-hydroxylation sites is 1.